The van der Waals surface area contributed by atoms with Crippen LogP contribution in [0.4, 0.5) is 11.1 Å². The zero-order chi connectivity index (χ0) is 11.8. The predicted octanol–water partition coefficient (Wildman–Crippen LogP) is 0.952. The van der Waals surface area contributed by atoms with Crippen LogP contribution in [-0.4, -0.2) is 28.0 Å². The van der Waals surface area contributed by atoms with Crippen LogP contribution in [0.2, 0.25) is 0 Å². The van der Waals surface area contributed by atoms with Gasteiger partial charge in [-0.1, -0.05) is 11.3 Å². The topological polar surface area (TPSA) is 87.9 Å². The number of nitrogen functional groups attached to an aromatic ring is 1. The third-order valence-corrected chi connectivity index (χ3v) is 3.80. The number of piperidine rings is 1. The van der Waals surface area contributed by atoms with Crippen molar-refractivity contribution >= 4 is 32.8 Å². The van der Waals surface area contributed by atoms with Crippen LogP contribution < -0.4 is 16.2 Å². The highest BCUT2D eigenvalue weighted by Gasteiger charge is 2.16. The van der Waals surface area contributed by atoms with E-state index in [0.717, 1.165) is 25.9 Å². The number of hydrogen-bond acceptors (Lipinski definition) is 6. The van der Waals surface area contributed by atoms with Gasteiger partial charge in [-0.15, -0.1) is 0 Å². The maximum atomic E-state index is 11.8. The van der Waals surface area contributed by atoms with Gasteiger partial charge in [-0.3, -0.25) is 9.78 Å². The van der Waals surface area contributed by atoms with Crippen molar-refractivity contribution in [1.29, 1.82) is 0 Å². The molecule has 2 aromatic heterocycles. The summed E-state index contributed by atoms with van der Waals surface area (Å²) in [6.45, 7) is 1.88. The summed E-state index contributed by atoms with van der Waals surface area (Å²) in [6, 6.07) is 0. The van der Waals surface area contributed by atoms with Crippen LogP contribution in [0.1, 0.15) is 19.3 Å². The lowest BCUT2D eigenvalue weighted by Crippen LogP contribution is -2.32. The second-order valence-electron chi connectivity index (χ2n) is 4.14. The van der Waals surface area contributed by atoms with Crippen molar-refractivity contribution in [2.75, 3.05) is 23.7 Å². The molecule has 3 heterocycles. The highest BCUT2D eigenvalue weighted by Crippen LogP contribution is 2.21. The molecule has 0 atom stereocenters. The van der Waals surface area contributed by atoms with Crippen molar-refractivity contribution in [3.8, 4) is 0 Å². The number of nitrogens with two attached hydrogens (primary N) is 1. The first kappa shape index (κ1) is 10.5. The number of nitrogens with zero attached hydrogens (tertiary/aromatic N) is 3. The fourth-order valence-corrected chi connectivity index (χ4v) is 2.76. The lowest BCUT2D eigenvalue weighted by atomic mass is 10.1. The molecule has 0 radical (unpaired) electrons. The molecule has 0 amide bonds. The van der Waals surface area contributed by atoms with E-state index in [1.54, 1.807) is 0 Å². The van der Waals surface area contributed by atoms with Crippen molar-refractivity contribution in [2.24, 2.45) is 0 Å². The predicted molar refractivity (Wildman–Crippen MR) is 68.5 cm³/mol. The molecule has 0 aromatic carbocycles. The number of aromatic nitrogens is 3. The molecule has 1 aliphatic heterocycles. The Balaban J connectivity index is 2.08. The molecule has 1 fully saturated rings. The standard InChI is InChI=1S/C10H13N5OS/c11-9-12-7-6(17-9)8(16)14-10(13-7)15-4-2-1-3-5-15/h1-5H2,(H3,11,12,13,14,16). The van der Waals surface area contributed by atoms with Crippen LogP contribution in [0.3, 0.4) is 0 Å². The summed E-state index contributed by atoms with van der Waals surface area (Å²) < 4.78 is 0.503. The summed E-state index contributed by atoms with van der Waals surface area (Å²) in [5.41, 5.74) is 5.90. The van der Waals surface area contributed by atoms with Gasteiger partial charge in [0.2, 0.25) is 5.95 Å². The van der Waals surface area contributed by atoms with E-state index < -0.39 is 0 Å². The van der Waals surface area contributed by atoms with E-state index in [2.05, 4.69) is 19.9 Å². The Kier molecular flexibility index (Phi) is 2.47. The number of nitrogens with one attached hydrogen (secondary N) is 1. The van der Waals surface area contributed by atoms with Gasteiger partial charge in [-0.05, 0) is 19.3 Å². The first-order chi connectivity index (χ1) is 8.24. The number of hydrogen-bond donors (Lipinski definition) is 2. The summed E-state index contributed by atoms with van der Waals surface area (Å²) in [5.74, 6) is 0.618. The SMILES string of the molecule is Nc1nc2nc(N3CCCCC3)[nH]c(=O)c2s1. The van der Waals surface area contributed by atoms with E-state index in [1.807, 2.05) is 0 Å². The molecule has 2 aromatic rings. The third kappa shape index (κ3) is 1.86. The van der Waals surface area contributed by atoms with Crippen molar-refractivity contribution in [3.63, 3.8) is 0 Å². The number of aromatic amines is 1. The Bertz CT molecular complexity index is 598. The monoisotopic (exact) mass is 251 g/mol. The van der Waals surface area contributed by atoms with Crippen molar-refractivity contribution in [1.82, 2.24) is 15.0 Å². The molecule has 1 saturated heterocycles. The molecule has 6 nitrogen and oxygen atoms in total. The zero-order valence-electron chi connectivity index (χ0n) is 9.27. The van der Waals surface area contributed by atoms with E-state index in [0.29, 0.717) is 21.4 Å². The van der Waals surface area contributed by atoms with Crippen LogP contribution in [-0.2, 0) is 0 Å². The van der Waals surface area contributed by atoms with Gasteiger partial charge in [0.15, 0.2) is 10.8 Å². The third-order valence-electron chi connectivity index (χ3n) is 2.92. The van der Waals surface area contributed by atoms with Crippen molar-refractivity contribution < 1.29 is 0 Å². The Morgan fingerprint density at radius 3 is 2.76 bits per heavy atom. The molecule has 1 aliphatic rings. The van der Waals surface area contributed by atoms with Gasteiger partial charge in [-0.25, -0.2) is 0 Å². The molecule has 90 valence electrons. The molecule has 3 N–H and O–H groups in total. The van der Waals surface area contributed by atoms with Crippen molar-refractivity contribution in [3.05, 3.63) is 10.4 Å². The molecule has 17 heavy (non-hydrogen) atoms. The molecule has 0 aliphatic carbocycles. The summed E-state index contributed by atoms with van der Waals surface area (Å²) in [6.07, 6.45) is 3.52. The molecular weight excluding hydrogens is 238 g/mol. The summed E-state index contributed by atoms with van der Waals surface area (Å²) in [7, 11) is 0. The number of anilines is 2. The average Bonchev–Trinajstić information content (AvgIpc) is 2.71. The Hall–Kier alpha value is -1.63. The molecule has 7 heteroatoms. The number of rotatable bonds is 1. The van der Waals surface area contributed by atoms with Gasteiger partial charge in [-0.2, -0.15) is 9.97 Å². The van der Waals surface area contributed by atoms with E-state index in [4.69, 9.17) is 5.73 Å². The molecule has 0 bridgehead atoms. The number of fused-ring (bicyclic) bond motifs is 1. The van der Waals surface area contributed by atoms with Crippen LogP contribution in [0.5, 0.6) is 0 Å². The van der Waals surface area contributed by atoms with Gasteiger partial charge in [0.25, 0.3) is 5.56 Å². The van der Waals surface area contributed by atoms with Gasteiger partial charge >= 0.3 is 0 Å². The maximum Gasteiger partial charge on any atom is 0.272 e. The molecule has 0 spiro atoms. The minimum absolute atomic E-state index is 0.148. The maximum absolute atomic E-state index is 11.8. The second-order valence-corrected chi connectivity index (χ2v) is 5.17. The van der Waals surface area contributed by atoms with Crippen molar-refractivity contribution in [2.45, 2.75) is 19.3 Å². The number of H-pyrrole nitrogens is 1. The summed E-state index contributed by atoms with van der Waals surface area (Å²) in [4.78, 5) is 25.2. The highest BCUT2D eigenvalue weighted by atomic mass is 32.1. The second kappa shape index (κ2) is 3.99. The first-order valence-electron chi connectivity index (χ1n) is 5.65. The largest absolute Gasteiger partial charge is 0.375 e. The normalized spacial score (nSPS) is 16.6. The summed E-state index contributed by atoms with van der Waals surface area (Å²) in [5, 5.41) is 0.383. The van der Waals surface area contributed by atoms with E-state index in [1.165, 1.54) is 17.8 Å². The lowest BCUT2D eigenvalue weighted by Gasteiger charge is -2.26. The Labute approximate surface area is 101 Å². The highest BCUT2D eigenvalue weighted by molar-refractivity contribution is 7.21. The smallest absolute Gasteiger partial charge is 0.272 e. The Morgan fingerprint density at radius 2 is 2.00 bits per heavy atom. The fourth-order valence-electron chi connectivity index (χ4n) is 2.09. The minimum atomic E-state index is -0.148. The van der Waals surface area contributed by atoms with E-state index >= 15 is 0 Å². The van der Waals surface area contributed by atoms with Gasteiger partial charge in [0, 0.05) is 13.1 Å². The average molecular weight is 251 g/mol. The minimum Gasteiger partial charge on any atom is -0.375 e. The van der Waals surface area contributed by atoms with Crippen LogP contribution in [0.15, 0.2) is 4.79 Å². The van der Waals surface area contributed by atoms with Crippen LogP contribution >= 0.6 is 11.3 Å². The number of thiazole rings is 1. The lowest BCUT2D eigenvalue weighted by molar-refractivity contribution is 0.568. The molecular formula is C10H13N5OS. The summed E-state index contributed by atoms with van der Waals surface area (Å²) >= 11 is 1.18. The Morgan fingerprint density at radius 1 is 1.24 bits per heavy atom. The zero-order valence-corrected chi connectivity index (χ0v) is 10.1. The fraction of sp³-hybridized carbons (Fsp3) is 0.500. The van der Waals surface area contributed by atoms with Crippen LogP contribution in [0.25, 0.3) is 10.3 Å². The quantitative estimate of drug-likeness (QED) is 0.788. The van der Waals surface area contributed by atoms with Gasteiger partial charge in [0.1, 0.15) is 4.70 Å². The first-order valence-corrected chi connectivity index (χ1v) is 6.47. The van der Waals surface area contributed by atoms with E-state index in [-0.39, 0.29) is 5.56 Å². The van der Waals surface area contributed by atoms with Gasteiger partial charge in [0.05, 0.1) is 0 Å². The van der Waals surface area contributed by atoms with Gasteiger partial charge < -0.3 is 10.6 Å². The molecule has 0 unspecified atom stereocenters. The van der Waals surface area contributed by atoms with Crippen LogP contribution in [0, 0.1) is 0 Å². The van der Waals surface area contributed by atoms with E-state index in [9.17, 15) is 4.79 Å². The molecule has 3 rings (SSSR count). The molecule has 0 saturated carbocycles.